The van der Waals surface area contributed by atoms with Gasteiger partial charge in [-0.05, 0) is 43.9 Å². The van der Waals surface area contributed by atoms with E-state index < -0.39 is 10.2 Å². The zero-order chi connectivity index (χ0) is 14.6. The van der Waals surface area contributed by atoms with E-state index in [1.165, 1.54) is 4.31 Å². The molecule has 2 rings (SSSR count). The fraction of sp³-hybridized carbons (Fsp3) is 0.571. The lowest BCUT2D eigenvalue weighted by molar-refractivity contribution is 0.460. The van der Waals surface area contributed by atoms with Gasteiger partial charge >= 0.3 is 10.2 Å². The predicted octanol–water partition coefficient (Wildman–Crippen LogP) is 1.35. The zero-order valence-corrected chi connectivity index (χ0v) is 12.8. The van der Waals surface area contributed by atoms with E-state index >= 15 is 0 Å². The minimum Gasteiger partial charge on any atom is -0.330 e. The Morgan fingerprint density at radius 1 is 1.30 bits per heavy atom. The number of anilines is 1. The predicted molar refractivity (Wildman–Crippen MR) is 81.9 cm³/mol. The molecule has 0 radical (unpaired) electrons. The second-order valence-electron chi connectivity index (χ2n) is 5.13. The van der Waals surface area contributed by atoms with Gasteiger partial charge in [-0.15, -0.1) is 0 Å². The van der Waals surface area contributed by atoms with Crippen molar-refractivity contribution in [1.82, 2.24) is 4.31 Å². The summed E-state index contributed by atoms with van der Waals surface area (Å²) >= 11 is 0. The number of nitrogens with two attached hydrogens (primary N) is 1. The Kier molecular flexibility index (Phi) is 5.01. The molecule has 5 nitrogen and oxygen atoms in total. The van der Waals surface area contributed by atoms with Gasteiger partial charge in [0.05, 0.1) is 5.69 Å². The van der Waals surface area contributed by atoms with Crippen molar-refractivity contribution in [3.05, 3.63) is 29.8 Å². The SMILES string of the molecule is CN(CCCN)S(=O)(=O)N1CCCCc2ccccc21. The third kappa shape index (κ3) is 3.13. The lowest BCUT2D eigenvalue weighted by atomic mass is 10.1. The molecule has 0 fully saturated rings. The molecule has 0 spiro atoms. The van der Waals surface area contributed by atoms with Crippen LogP contribution >= 0.6 is 0 Å². The number of aryl methyl sites for hydroxylation is 1. The average Bonchev–Trinajstić information content (AvgIpc) is 2.67. The number of hydrogen-bond donors (Lipinski definition) is 1. The molecule has 0 unspecified atom stereocenters. The molecule has 0 atom stereocenters. The maximum Gasteiger partial charge on any atom is 0.303 e. The van der Waals surface area contributed by atoms with Crippen molar-refractivity contribution >= 4 is 15.9 Å². The molecular formula is C14H23N3O2S. The molecule has 0 aliphatic carbocycles. The number of hydrogen-bond acceptors (Lipinski definition) is 3. The van der Waals surface area contributed by atoms with E-state index in [9.17, 15) is 8.42 Å². The van der Waals surface area contributed by atoms with Crippen molar-refractivity contribution in [3.63, 3.8) is 0 Å². The second kappa shape index (κ2) is 6.56. The van der Waals surface area contributed by atoms with Crippen LogP contribution in [0.4, 0.5) is 5.69 Å². The normalized spacial score (nSPS) is 16.1. The summed E-state index contributed by atoms with van der Waals surface area (Å²) in [7, 11) is -1.84. The zero-order valence-electron chi connectivity index (χ0n) is 12.0. The molecule has 20 heavy (non-hydrogen) atoms. The van der Waals surface area contributed by atoms with Crippen LogP contribution in [0.1, 0.15) is 24.8 Å². The van der Waals surface area contributed by atoms with Gasteiger partial charge in [-0.1, -0.05) is 18.2 Å². The molecule has 0 saturated heterocycles. The van der Waals surface area contributed by atoms with Crippen molar-refractivity contribution in [3.8, 4) is 0 Å². The van der Waals surface area contributed by atoms with E-state index in [0.29, 0.717) is 26.1 Å². The summed E-state index contributed by atoms with van der Waals surface area (Å²) in [4.78, 5) is 0. The molecular weight excluding hydrogens is 274 g/mol. The topological polar surface area (TPSA) is 66.6 Å². The molecule has 0 aromatic heterocycles. The van der Waals surface area contributed by atoms with Crippen molar-refractivity contribution in [2.45, 2.75) is 25.7 Å². The van der Waals surface area contributed by atoms with Crippen LogP contribution in [-0.4, -0.2) is 39.4 Å². The maximum absolute atomic E-state index is 12.7. The van der Waals surface area contributed by atoms with Gasteiger partial charge in [0.25, 0.3) is 0 Å². The number of nitrogens with zero attached hydrogens (tertiary/aromatic N) is 2. The first-order valence-electron chi connectivity index (χ1n) is 7.09. The van der Waals surface area contributed by atoms with Gasteiger partial charge in [0.1, 0.15) is 0 Å². The van der Waals surface area contributed by atoms with Gasteiger partial charge in [-0.3, -0.25) is 4.31 Å². The molecule has 0 saturated carbocycles. The van der Waals surface area contributed by atoms with Crippen LogP contribution < -0.4 is 10.0 Å². The quantitative estimate of drug-likeness (QED) is 0.892. The van der Waals surface area contributed by atoms with Crippen LogP contribution in [0, 0.1) is 0 Å². The van der Waals surface area contributed by atoms with E-state index in [2.05, 4.69) is 0 Å². The van der Waals surface area contributed by atoms with Gasteiger partial charge in [0.2, 0.25) is 0 Å². The monoisotopic (exact) mass is 297 g/mol. The summed E-state index contributed by atoms with van der Waals surface area (Å²) in [6.45, 7) is 1.50. The van der Waals surface area contributed by atoms with Gasteiger partial charge in [0, 0.05) is 20.1 Å². The highest BCUT2D eigenvalue weighted by Crippen LogP contribution is 2.29. The molecule has 1 aromatic rings. The van der Waals surface area contributed by atoms with Crippen LogP contribution in [0.2, 0.25) is 0 Å². The lowest BCUT2D eigenvalue weighted by Gasteiger charge is -2.29. The second-order valence-corrected chi connectivity index (χ2v) is 7.09. The third-order valence-electron chi connectivity index (χ3n) is 3.67. The minimum absolute atomic E-state index is 0.456. The van der Waals surface area contributed by atoms with Crippen LogP contribution in [0.25, 0.3) is 0 Å². The first kappa shape index (κ1) is 15.3. The highest BCUT2D eigenvalue weighted by molar-refractivity contribution is 7.90. The smallest absolute Gasteiger partial charge is 0.303 e. The van der Waals surface area contributed by atoms with Crippen LogP contribution in [0.3, 0.4) is 0 Å². The van der Waals surface area contributed by atoms with E-state index in [0.717, 1.165) is 30.5 Å². The molecule has 1 aromatic carbocycles. The molecule has 1 aliphatic rings. The summed E-state index contributed by atoms with van der Waals surface area (Å²) < 4.78 is 28.4. The van der Waals surface area contributed by atoms with E-state index in [1.54, 1.807) is 11.4 Å². The largest absolute Gasteiger partial charge is 0.330 e. The summed E-state index contributed by atoms with van der Waals surface area (Å²) in [5, 5.41) is 0. The number of para-hydroxylation sites is 1. The van der Waals surface area contributed by atoms with Crippen LogP contribution in [0.15, 0.2) is 24.3 Å². The molecule has 0 amide bonds. The van der Waals surface area contributed by atoms with Crippen LogP contribution in [-0.2, 0) is 16.6 Å². The Labute approximate surface area is 121 Å². The third-order valence-corrected chi connectivity index (χ3v) is 5.57. The average molecular weight is 297 g/mol. The van der Waals surface area contributed by atoms with E-state index in [-0.39, 0.29) is 0 Å². The fourth-order valence-electron chi connectivity index (χ4n) is 2.49. The van der Waals surface area contributed by atoms with Crippen molar-refractivity contribution in [2.75, 3.05) is 31.0 Å². The first-order valence-corrected chi connectivity index (χ1v) is 8.49. The minimum atomic E-state index is -3.46. The Hall–Kier alpha value is -1.11. The molecule has 0 bridgehead atoms. The molecule has 1 heterocycles. The fourth-order valence-corrected chi connectivity index (χ4v) is 3.98. The number of rotatable bonds is 5. The summed E-state index contributed by atoms with van der Waals surface area (Å²) in [6.07, 6.45) is 3.52. The van der Waals surface area contributed by atoms with E-state index in [1.807, 2.05) is 24.3 Å². The maximum atomic E-state index is 12.7. The molecule has 6 heteroatoms. The van der Waals surface area contributed by atoms with Crippen molar-refractivity contribution in [2.24, 2.45) is 5.73 Å². The molecule has 1 aliphatic heterocycles. The number of benzene rings is 1. The Morgan fingerprint density at radius 3 is 2.80 bits per heavy atom. The summed E-state index contributed by atoms with van der Waals surface area (Å²) in [5.41, 5.74) is 7.40. The Balaban J connectivity index is 2.31. The highest BCUT2D eigenvalue weighted by atomic mass is 32.2. The standard InChI is InChI=1S/C14H23N3O2S/c1-16(11-6-10-15)20(18,19)17-12-5-4-8-13-7-2-3-9-14(13)17/h2-3,7,9H,4-6,8,10-12,15H2,1H3. The molecule has 112 valence electrons. The summed E-state index contributed by atoms with van der Waals surface area (Å²) in [6, 6.07) is 7.78. The van der Waals surface area contributed by atoms with Gasteiger partial charge in [0.15, 0.2) is 0 Å². The van der Waals surface area contributed by atoms with Crippen molar-refractivity contribution in [1.29, 1.82) is 0 Å². The summed E-state index contributed by atoms with van der Waals surface area (Å²) in [5.74, 6) is 0. The van der Waals surface area contributed by atoms with Crippen molar-refractivity contribution < 1.29 is 8.42 Å². The van der Waals surface area contributed by atoms with Crippen LogP contribution in [0.5, 0.6) is 0 Å². The first-order chi connectivity index (χ1) is 9.57. The van der Waals surface area contributed by atoms with E-state index in [4.69, 9.17) is 5.73 Å². The highest BCUT2D eigenvalue weighted by Gasteiger charge is 2.29. The Bertz CT molecular complexity index is 545. The lowest BCUT2D eigenvalue weighted by Crippen LogP contribution is -2.43. The van der Waals surface area contributed by atoms with Gasteiger partial charge in [-0.25, -0.2) is 0 Å². The Morgan fingerprint density at radius 2 is 2.05 bits per heavy atom. The molecule has 2 N–H and O–H groups in total. The van der Waals surface area contributed by atoms with Gasteiger partial charge < -0.3 is 5.73 Å². The van der Waals surface area contributed by atoms with Gasteiger partial charge in [-0.2, -0.15) is 12.7 Å². The number of fused-ring (bicyclic) bond motifs is 1.